The Bertz CT molecular complexity index is 1770. The van der Waals surface area contributed by atoms with Crippen molar-refractivity contribution in [2.45, 2.75) is 39.7 Å². The quantitative estimate of drug-likeness (QED) is 0.202. The van der Waals surface area contributed by atoms with Gasteiger partial charge in [0.05, 0.1) is 29.0 Å². The second kappa shape index (κ2) is 11.6. The molecule has 0 saturated heterocycles. The van der Waals surface area contributed by atoms with Crippen LogP contribution < -0.4 is 19.6 Å². The predicted octanol–water partition coefficient (Wildman–Crippen LogP) is 5.78. The maximum Gasteiger partial charge on any atom is 0.338 e. The zero-order chi connectivity index (χ0) is 27.5. The van der Waals surface area contributed by atoms with Gasteiger partial charge in [-0.2, -0.15) is 0 Å². The van der Waals surface area contributed by atoms with Gasteiger partial charge >= 0.3 is 5.97 Å². The number of hydrogen-bond donors (Lipinski definition) is 0. The lowest BCUT2D eigenvalue weighted by Crippen LogP contribution is -2.40. The monoisotopic (exact) mass is 560 g/mol. The molecular weight excluding hydrogens is 532 g/mol. The van der Waals surface area contributed by atoms with Crippen LogP contribution in [0.15, 0.2) is 81.7 Å². The largest absolute Gasteiger partial charge is 0.493 e. The lowest BCUT2D eigenvalue weighted by Gasteiger charge is -2.25. The van der Waals surface area contributed by atoms with Gasteiger partial charge in [0.25, 0.3) is 5.56 Å². The molecule has 1 aliphatic rings. The van der Waals surface area contributed by atoms with Crippen LogP contribution in [0.5, 0.6) is 5.75 Å². The van der Waals surface area contributed by atoms with E-state index in [0.717, 1.165) is 34.9 Å². The van der Waals surface area contributed by atoms with E-state index in [2.05, 4.69) is 11.9 Å². The minimum atomic E-state index is -0.760. The van der Waals surface area contributed by atoms with E-state index in [9.17, 15) is 9.59 Å². The van der Waals surface area contributed by atoms with Crippen LogP contribution in [0.3, 0.4) is 0 Å². The molecule has 0 spiro atoms. The lowest BCUT2D eigenvalue weighted by molar-refractivity contribution is -0.139. The third-order valence-electron chi connectivity index (χ3n) is 6.68. The minimum absolute atomic E-state index is 0.206. The van der Waals surface area contributed by atoms with Crippen LogP contribution in [0.25, 0.3) is 16.8 Å². The molecule has 0 fully saturated rings. The van der Waals surface area contributed by atoms with Crippen molar-refractivity contribution >= 4 is 45.8 Å². The number of fused-ring (bicyclic) bond motifs is 2. The van der Waals surface area contributed by atoms with Gasteiger partial charge < -0.3 is 9.47 Å². The number of benzene rings is 3. The average Bonchev–Trinajstić information content (AvgIpc) is 3.23. The van der Waals surface area contributed by atoms with Crippen molar-refractivity contribution in [2.75, 3.05) is 13.2 Å². The fourth-order valence-corrected chi connectivity index (χ4v) is 6.06. The highest BCUT2D eigenvalue weighted by atomic mass is 35.5. The summed E-state index contributed by atoms with van der Waals surface area (Å²) in [6, 6.07) is 18.5. The molecule has 1 aliphatic heterocycles. The molecular formula is C31H29ClN2O4S. The number of unbranched alkanes of at least 4 members (excludes halogenated alkanes) is 1. The first kappa shape index (κ1) is 26.9. The van der Waals surface area contributed by atoms with Crippen molar-refractivity contribution in [1.82, 2.24) is 4.57 Å². The summed E-state index contributed by atoms with van der Waals surface area (Å²) in [4.78, 5) is 32.4. The molecule has 200 valence electrons. The highest BCUT2D eigenvalue weighted by Crippen LogP contribution is 2.34. The molecule has 1 aromatic heterocycles. The van der Waals surface area contributed by atoms with Crippen LogP contribution in [0.2, 0.25) is 5.02 Å². The van der Waals surface area contributed by atoms with Crippen molar-refractivity contribution in [3.8, 4) is 5.75 Å². The van der Waals surface area contributed by atoms with Gasteiger partial charge in [0, 0.05) is 10.6 Å². The average molecular weight is 561 g/mol. The van der Waals surface area contributed by atoms with Crippen LogP contribution in [0.4, 0.5) is 0 Å². The van der Waals surface area contributed by atoms with Crippen LogP contribution >= 0.6 is 22.9 Å². The summed E-state index contributed by atoms with van der Waals surface area (Å²) in [5.74, 6) is 0.206. The highest BCUT2D eigenvalue weighted by Gasteiger charge is 2.34. The van der Waals surface area contributed by atoms with E-state index < -0.39 is 12.0 Å². The summed E-state index contributed by atoms with van der Waals surface area (Å²) in [5.41, 5.74) is 2.02. The fraction of sp³-hybridized carbons (Fsp3) is 0.258. The van der Waals surface area contributed by atoms with Crippen molar-refractivity contribution in [3.63, 3.8) is 0 Å². The smallest absolute Gasteiger partial charge is 0.338 e. The summed E-state index contributed by atoms with van der Waals surface area (Å²) in [6.45, 7) is 6.42. The Morgan fingerprint density at radius 1 is 1.10 bits per heavy atom. The number of carbonyl (C=O) groups excluding carboxylic acids is 1. The number of allylic oxidation sites excluding steroid dienone is 1. The Labute approximate surface area is 235 Å². The second-order valence-corrected chi connectivity index (χ2v) is 10.6. The number of esters is 1. The molecule has 0 saturated carbocycles. The number of thiazole rings is 1. The van der Waals surface area contributed by atoms with Crippen LogP contribution in [0.1, 0.15) is 50.8 Å². The van der Waals surface area contributed by atoms with Gasteiger partial charge in [0.2, 0.25) is 0 Å². The normalized spacial score (nSPS) is 15.3. The standard InChI is InChI=1S/C31H29ClN2O4S/c1-4-6-17-38-25-16-15-20-11-7-8-12-21(20)23(25)18-26-29(35)34-28(22-13-9-10-14-24(22)32)27(30(36)37-5-2)19(3)33-31(34)39-26/h7-16,18,28H,4-6,17H2,1-3H3/b26-18+/t28-/m0/s1. The molecule has 0 unspecified atom stereocenters. The molecule has 39 heavy (non-hydrogen) atoms. The van der Waals surface area contributed by atoms with Crippen LogP contribution in [-0.2, 0) is 9.53 Å². The zero-order valence-electron chi connectivity index (χ0n) is 22.1. The summed E-state index contributed by atoms with van der Waals surface area (Å²) >= 11 is 7.89. The van der Waals surface area contributed by atoms with Gasteiger partial charge in [-0.15, -0.1) is 0 Å². The Kier molecular flexibility index (Phi) is 8.00. The number of ether oxygens (including phenoxy) is 2. The number of nitrogens with zero attached hydrogens (tertiary/aromatic N) is 2. The first-order valence-corrected chi connectivity index (χ1v) is 14.2. The molecule has 3 aromatic carbocycles. The molecule has 6 nitrogen and oxygen atoms in total. The highest BCUT2D eigenvalue weighted by molar-refractivity contribution is 7.07. The van der Waals surface area contributed by atoms with Gasteiger partial charge in [-0.1, -0.05) is 84.8 Å². The van der Waals surface area contributed by atoms with Gasteiger partial charge in [-0.3, -0.25) is 9.36 Å². The van der Waals surface area contributed by atoms with Gasteiger partial charge in [-0.05, 0) is 54.8 Å². The maximum absolute atomic E-state index is 14.1. The van der Waals surface area contributed by atoms with Crippen molar-refractivity contribution in [1.29, 1.82) is 0 Å². The zero-order valence-corrected chi connectivity index (χ0v) is 23.6. The fourth-order valence-electron chi connectivity index (χ4n) is 4.79. The number of halogens is 1. The molecule has 1 atom stereocenters. The van der Waals surface area contributed by atoms with E-state index in [4.69, 9.17) is 21.1 Å². The summed E-state index contributed by atoms with van der Waals surface area (Å²) < 4.78 is 13.6. The third-order valence-corrected chi connectivity index (χ3v) is 8.01. The summed E-state index contributed by atoms with van der Waals surface area (Å²) in [5, 5.41) is 2.49. The molecule has 2 heterocycles. The molecule has 0 amide bonds. The molecule has 0 bridgehead atoms. The first-order chi connectivity index (χ1) is 18.9. The molecule has 0 aliphatic carbocycles. The maximum atomic E-state index is 14.1. The molecule has 0 radical (unpaired) electrons. The first-order valence-electron chi connectivity index (χ1n) is 13.0. The van der Waals surface area contributed by atoms with E-state index in [1.54, 1.807) is 24.5 Å². The van der Waals surface area contributed by atoms with Crippen molar-refractivity contribution in [3.05, 3.63) is 108 Å². The number of carbonyl (C=O) groups is 1. The van der Waals surface area contributed by atoms with E-state index in [1.165, 1.54) is 11.3 Å². The predicted molar refractivity (Wildman–Crippen MR) is 156 cm³/mol. The van der Waals surface area contributed by atoms with Crippen LogP contribution in [0, 0.1) is 0 Å². The second-order valence-electron chi connectivity index (χ2n) is 9.22. The van der Waals surface area contributed by atoms with E-state index in [0.29, 0.717) is 37.8 Å². The van der Waals surface area contributed by atoms with E-state index in [-0.39, 0.29) is 12.2 Å². The summed E-state index contributed by atoms with van der Waals surface area (Å²) in [7, 11) is 0. The Hall–Kier alpha value is -3.68. The minimum Gasteiger partial charge on any atom is -0.493 e. The van der Waals surface area contributed by atoms with E-state index in [1.807, 2.05) is 60.7 Å². The summed E-state index contributed by atoms with van der Waals surface area (Å²) in [6.07, 6.45) is 3.83. The van der Waals surface area contributed by atoms with Gasteiger partial charge in [0.1, 0.15) is 11.8 Å². The van der Waals surface area contributed by atoms with Crippen LogP contribution in [-0.4, -0.2) is 23.8 Å². The van der Waals surface area contributed by atoms with Gasteiger partial charge in [0.15, 0.2) is 4.80 Å². The third kappa shape index (κ3) is 5.16. The molecule has 4 aromatic rings. The SMILES string of the molecule is CCCCOc1ccc2ccccc2c1/C=c1/sc2n(c1=O)[C@@H](c1ccccc1Cl)C(C(=O)OCC)=C(C)N=2. The lowest BCUT2D eigenvalue weighted by atomic mass is 9.96. The topological polar surface area (TPSA) is 69.9 Å². The molecule has 5 rings (SSSR count). The van der Waals surface area contributed by atoms with Crippen molar-refractivity contribution in [2.24, 2.45) is 4.99 Å². The van der Waals surface area contributed by atoms with Crippen molar-refractivity contribution < 1.29 is 14.3 Å². The Morgan fingerprint density at radius 3 is 2.64 bits per heavy atom. The Balaban J connectivity index is 1.75. The van der Waals surface area contributed by atoms with E-state index >= 15 is 0 Å². The number of aromatic nitrogens is 1. The number of rotatable bonds is 8. The number of hydrogen-bond acceptors (Lipinski definition) is 6. The Morgan fingerprint density at radius 2 is 1.87 bits per heavy atom. The van der Waals surface area contributed by atoms with Gasteiger partial charge in [-0.25, -0.2) is 9.79 Å². The molecule has 8 heteroatoms. The molecule has 0 N–H and O–H groups in total.